The Morgan fingerprint density at radius 1 is 1.04 bits per heavy atom. The molecule has 27 heavy (non-hydrogen) atoms. The van der Waals surface area contributed by atoms with Crippen molar-refractivity contribution < 1.29 is 13.2 Å². The normalized spacial score (nSPS) is 16.0. The molecule has 1 aliphatic heterocycles. The average Bonchev–Trinajstić information content (AvgIpc) is 3.04. The molecule has 2 aromatic rings. The number of amides is 1. The van der Waals surface area contributed by atoms with Crippen LogP contribution >= 0.6 is 11.3 Å². The van der Waals surface area contributed by atoms with Gasteiger partial charge in [-0.3, -0.25) is 4.79 Å². The highest BCUT2D eigenvalue weighted by molar-refractivity contribution is 7.89. The molecular formula is C20H26N2O3S2. The van der Waals surface area contributed by atoms with Gasteiger partial charge >= 0.3 is 0 Å². The second-order valence-corrected chi connectivity index (χ2v) is 9.79. The first-order valence-corrected chi connectivity index (χ1v) is 11.8. The highest BCUT2D eigenvalue weighted by atomic mass is 32.2. The SMILES string of the molecule is O=C(CCc1ccc(S(=O)(=O)N2CCCCCC2)cc1)NCc1cccs1. The van der Waals surface area contributed by atoms with Gasteiger partial charge in [-0.25, -0.2) is 8.42 Å². The van der Waals surface area contributed by atoms with Gasteiger partial charge in [-0.2, -0.15) is 4.31 Å². The highest BCUT2D eigenvalue weighted by Crippen LogP contribution is 2.21. The lowest BCUT2D eigenvalue weighted by Crippen LogP contribution is -2.31. The summed E-state index contributed by atoms with van der Waals surface area (Å²) in [5, 5.41) is 4.90. The van der Waals surface area contributed by atoms with E-state index in [1.54, 1.807) is 27.8 Å². The Balaban J connectivity index is 1.52. The molecule has 1 amide bonds. The number of benzene rings is 1. The predicted octanol–water partition coefficient (Wildman–Crippen LogP) is 3.56. The molecule has 0 spiro atoms. The molecule has 146 valence electrons. The summed E-state index contributed by atoms with van der Waals surface area (Å²) in [5.74, 6) is 0.00432. The number of hydrogen-bond donors (Lipinski definition) is 1. The Bertz CT molecular complexity index is 823. The van der Waals surface area contributed by atoms with E-state index in [1.165, 1.54) is 0 Å². The van der Waals surface area contributed by atoms with E-state index in [4.69, 9.17) is 0 Å². The van der Waals surface area contributed by atoms with Crippen molar-refractivity contribution in [2.45, 2.75) is 50.0 Å². The first kappa shape index (κ1) is 20.0. The fourth-order valence-electron chi connectivity index (χ4n) is 3.20. The van der Waals surface area contributed by atoms with Gasteiger partial charge in [0.2, 0.25) is 15.9 Å². The van der Waals surface area contributed by atoms with E-state index in [-0.39, 0.29) is 5.91 Å². The zero-order chi connectivity index (χ0) is 19.1. The summed E-state index contributed by atoms with van der Waals surface area (Å²) < 4.78 is 27.2. The summed E-state index contributed by atoms with van der Waals surface area (Å²) in [7, 11) is -3.41. The Morgan fingerprint density at radius 2 is 1.74 bits per heavy atom. The third kappa shape index (κ3) is 5.64. The Labute approximate surface area is 165 Å². The third-order valence-electron chi connectivity index (χ3n) is 4.81. The maximum Gasteiger partial charge on any atom is 0.243 e. The first-order chi connectivity index (χ1) is 13.1. The quantitative estimate of drug-likeness (QED) is 0.764. The second kappa shape index (κ2) is 9.48. The van der Waals surface area contributed by atoms with Crippen LogP contribution in [0, 0.1) is 0 Å². The van der Waals surface area contributed by atoms with Crippen molar-refractivity contribution >= 4 is 27.3 Å². The van der Waals surface area contributed by atoms with Crippen molar-refractivity contribution in [1.29, 1.82) is 0 Å². The van der Waals surface area contributed by atoms with Gasteiger partial charge in [0, 0.05) is 24.4 Å². The van der Waals surface area contributed by atoms with Crippen molar-refractivity contribution in [3.63, 3.8) is 0 Å². The number of rotatable bonds is 7. The lowest BCUT2D eigenvalue weighted by molar-refractivity contribution is -0.121. The molecule has 0 bridgehead atoms. The van der Waals surface area contributed by atoms with Gasteiger partial charge < -0.3 is 5.32 Å². The van der Waals surface area contributed by atoms with Crippen LogP contribution in [0.25, 0.3) is 0 Å². The lowest BCUT2D eigenvalue weighted by Gasteiger charge is -2.20. The average molecular weight is 407 g/mol. The maximum atomic E-state index is 12.8. The predicted molar refractivity (Wildman–Crippen MR) is 108 cm³/mol. The van der Waals surface area contributed by atoms with Crippen LogP contribution in [0.5, 0.6) is 0 Å². The fraction of sp³-hybridized carbons (Fsp3) is 0.450. The summed E-state index contributed by atoms with van der Waals surface area (Å²) >= 11 is 1.62. The molecule has 0 unspecified atom stereocenters. The molecule has 0 aliphatic carbocycles. The van der Waals surface area contributed by atoms with Crippen LogP contribution in [0.15, 0.2) is 46.7 Å². The molecule has 1 aromatic carbocycles. The molecule has 3 rings (SSSR count). The van der Waals surface area contributed by atoms with Gasteiger partial charge in [0.25, 0.3) is 0 Å². The number of nitrogens with one attached hydrogen (secondary N) is 1. The molecular weight excluding hydrogens is 380 g/mol. The lowest BCUT2D eigenvalue weighted by atomic mass is 10.1. The molecule has 0 atom stereocenters. The molecule has 0 radical (unpaired) electrons. The smallest absolute Gasteiger partial charge is 0.243 e. The number of hydrogen-bond acceptors (Lipinski definition) is 4. The van der Waals surface area contributed by atoms with Crippen LogP contribution in [0.2, 0.25) is 0 Å². The second-order valence-electron chi connectivity index (χ2n) is 6.82. The summed E-state index contributed by atoms with van der Waals surface area (Å²) in [6.45, 7) is 1.77. The molecule has 1 aliphatic rings. The zero-order valence-electron chi connectivity index (χ0n) is 15.4. The van der Waals surface area contributed by atoms with E-state index in [1.807, 2.05) is 29.6 Å². The molecule has 1 fully saturated rings. The van der Waals surface area contributed by atoms with Crippen molar-refractivity contribution in [1.82, 2.24) is 9.62 Å². The Morgan fingerprint density at radius 3 is 2.37 bits per heavy atom. The van der Waals surface area contributed by atoms with Crippen molar-refractivity contribution in [3.8, 4) is 0 Å². The maximum absolute atomic E-state index is 12.8. The fourth-order valence-corrected chi connectivity index (χ4v) is 5.37. The number of thiophene rings is 1. The minimum Gasteiger partial charge on any atom is -0.351 e. The standard InChI is InChI=1S/C20H26N2O3S2/c23-20(21-16-18-6-5-15-26-18)12-9-17-7-10-19(11-8-17)27(24,25)22-13-3-1-2-4-14-22/h5-8,10-11,15H,1-4,9,12-14,16H2,(H,21,23). The van der Waals surface area contributed by atoms with E-state index in [9.17, 15) is 13.2 Å². The summed E-state index contributed by atoms with van der Waals surface area (Å²) in [6, 6.07) is 10.9. The minimum absolute atomic E-state index is 0.00432. The van der Waals surface area contributed by atoms with Crippen LogP contribution in [0.4, 0.5) is 0 Å². The molecule has 1 N–H and O–H groups in total. The van der Waals surface area contributed by atoms with Crippen LogP contribution in [0.3, 0.4) is 0 Å². The van der Waals surface area contributed by atoms with E-state index in [0.29, 0.717) is 37.4 Å². The summed E-state index contributed by atoms with van der Waals surface area (Å²) in [6.07, 6.45) is 5.04. The van der Waals surface area contributed by atoms with Crippen LogP contribution < -0.4 is 5.32 Å². The van der Waals surface area contributed by atoms with Gasteiger partial charge in [-0.05, 0) is 48.4 Å². The zero-order valence-corrected chi connectivity index (χ0v) is 17.0. The van der Waals surface area contributed by atoms with E-state index in [0.717, 1.165) is 36.1 Å². The number of carbonyl (C=O) groups excluding carboxylic acids is 1. The van der Waals surface area contributed by atoms with Gasteiger partial charge in [0.05, 0.1) is 11.4 Å². The van der Waals surface area contributed by atoms with E-state index >= 15 is 0 Å². The number of nitrogens with zero attached hydrogens (tertiary/aromatic N) is 1. The summed E-state index contributed by atoms with van der Waals surface area (Å²) in [5.41, 5.74) is 0.969. The minimum atomic E-state index is -3.41. The Kier molecular flexibility index (Phi) is 7.04. The molecule has 5 nitrogen and oxygen atoms in total. The molecule has 1 saturated heterocycles. The van der Waals surface area contributed by atoms with Crippen LogP contribution in [0.1, 0.15) is 42.5 Å². The Hall–Kier alpha value is -1.70. The molecule has 7 heteroatoms. The monoisotopic (exact) mass is 406 g/mol. The molecule has 0 saturated carbocycles. The van der Waals surface area contributed by atoms with Crippen molar-refractivity contribution in [2.24, 2.45) is 0 Å². The topological polar surface area (TPSA) is 66.5 Å². The van der Waals surface area contributed by atoms with Crippen LogP contribution in [-0.2, 0) is 27.8 Å². The van der Waals surface area contributed by atoms with Gasteiger partial charge in [0.1, 0.15) is 0 Å². The summed E-state index contributed by atoms with van der Waals surface area (Å²) in [4.78, 5) is 13.4. The largest absolute Gasteiger partial charge is 0.351 e. The van der Waals surface area contributed by atoms with E-state index < -0.39 is 10.0 Å². The van der Waals surface area contributed by atoms with E-state index in [2.05, 4.69) is 5.32 Å². The van der Waals surface area contributed by atoms with Gasteiger partial charge in [-0.15, -0.1) is 11.3 Å². The highest BCUT2D eigenvalue weighted by Gasteiger charge is 2.24. The van der Waals surface area contributed by atoms with Crippen LogP contribution in [-0.4, -0.2) is 31.7 Å². The number of sulfonamides is 1. The molecule has 1 aromatic heterocycles. The molecule has 2 heterocycles. The third-order valence-corrected chi connectivity index (χ3v) is 7.60. The van der Waals surface area contributed by atoms with Crippen molar-refractivity contribution in [3.05, 3.63) is 52.2 Å². The number of aryl methyl sites for hydroxylation is 1. The van der Waals surface area contributed by atoms with Gasteiger partial charge in [0.15, 0.2) is 0 Å². The number of carbonyl (C=O) groups is 1. The van der Waals surface area contributed by atoms with Crippen molar-refractivity contribution in [2.75, 3.05) is 13.1 Å². The van der Waals surface area contributed by atoms with Gasteiger partial charge in [-0.1, -0.05) is 31.0 Å². The first-order valence-electron chi connectivity index (χ1n) is 9.44.